The van der Waals surface area contributed by atoms with Crippen LogP contribution in [0.2, 0.25) is 0 Å². The largest absolute Gasteiger partial charge is 0.355 e. The lowest BCUT2D eigenvalue weighted by atomic mass is 10.2. The Morgan fingerprint density at radius 1 is 1.25 bits per heavy atom. The second kappa shape index (κ2) is 6.47. The van der Waals surface area contributed by atoms with Gasteiger partial charge in [-0.05, 0) is 41.6 Å². The molecule has 0 heterocycles. The molecule has 0 bridgehead atoms. The summed E-state index contributed by atoms with van der Waals surface area (Å²) >= 11 is 2.09. The Kier molecular flexibility index (Phi) is 5.24. The summed E-state index contributed by atoms with van der Waals surface area (Å²) in [4.78, 5) is 22.8. The fourth-order valence-corrected chi connectivity index (χ4v) is 1.79. The predicted octanol–water partition coefficient (Wildman–Crippen LogP) is 1.16. The van der Waals surface area contributed by atoms with Crippen molar-refractivity contribution in [2.45, 2.75) is 6.92 Å². The van der Waals surface area contributed by atoms with Gasteiger partial charge >= 0.3 is 0 Å². The van der Waals surface area contributed by atoms with Gasteiger partial charge in [0.15, 0.2) is 0 Å². The number of benzene rings is 1. The van der Waals surface area contributed by atoms with Crippen molar-refractivity contribution < 1.29 is 9.59 Å². The van der Waals surface area contributed by atoms with Gasteiger partial charge in [0, 0.05) is 10.1 Å². The third-order valence-corrected chi connectivity index (χ3v) is 2.84. The Morgan fingerprint density at radius 2 is 1.94 bits per heavy atom. The Labute approximate surface area is 108 Å². The molecule has 0 aliphatic heterocycles. The number of amides is 2. The van der Waals surface area contributed by atoms with Gasteiger partial charge in [0.05, 0.1) is 12.1 Å². The minimum atomic E-state index is -0.226. The molecule has 1 rings (SSSR count). The van der Waals surface area contributed by atoms with Crippen LogP contribution in [0.3, 0.4) is 0 Å². The summed E-state index contributed by atoms with van der Waals surface area (Å²) in [6, 6.07) is 7.24. The number of carbonyl (C=O) groups is 2. The molecule has 2 amide bonds. The summed E-state index contributed by atoms with van der Waals surface area (Å²) < 4.78 is 0.869. The van der Waals surface area contributed by atoms with Gasteiger partial charge in [-0.1, -0.05) is 12.1 Å². The predicted molar refractivity (Wildman–Crippen MR) is 70.2 cm³/mol. The molecule has 0 saturated heterocycles. The topological polar surface area (TPSA) is 58.2 Å². The van der Waals surface area contributed by atoms with Gasteiger partial charge in [-0.15, -0.1) is 0 Å². The molecule has 86 valence electrons. The van der Waals surface area contributed by atoms with Crippen LogP contribution in [0, 0.1) is 3.57 Å². The molecule has 5 heteroatoms. The van der Waals surface area contributed by atoms with Gasteiger partial charge in [0.2, 0.25) is 5.91 Å². The van der Waals surface area contributed by atoms with Crippen molar-refractivity contribution in [1.29, 1.82) is 0 Å². The van der Waals surface area contributed by atoms with E-state index in [2.05, 4.69) is 33.2 Å². The molecule has 2 N–H and O–H groups in total. The molecule has 0 fully saturated rings. The molecule has 0 aromatic heterocycles. The van der Waals surface area contributed by atoms with E-state index in [1.54, 1.807) is 12.1 Å². The summed E-state index contributed by atoms with van der Waals surface area (Å²) in [5, 5.41) is 5.18. The molecular weight excluding hydrogens is 319 g/mol. The van der Waals surface area contributed by atoms with Crippen molar-refractivity contribution in [3.05, 3.63) is 33.4 Å². The van der Waals surface area contributed by atoms with Gasteiger partial charge in [0.1, 0.15) is 0 Å². The van der Waals surface area contributed by atoms with Crippen molar-refractivity contribution in [3.63, 3.8) is 0 Å². The van der Waals surface area contributed by atoms with E-state index in [1.165, 1.54) is 0 Å². The highest BCUT2D eigenvalue weighted by molar-refractivity contribution is 14.1. The molecule has 0 aliphatic rings. The zero-order chi connectivity index (χ0) is 12.0. The lowest BCUT2D eigenvalue weighted by Crippen LogP contribution is -2.36. The van der Waals surface area contributed by atoms with Crippen molar-refractivity contribution in [3.8, 4) is 0 Å². The van der Waals surface area contributed by atoms with Crippen LogP contribution in [0.25, 0.3) is 0 Å². The standard InChI is InChI=1S/C11H13IN2O2/c1-2-13-10(15)7-14-11(16)8-5-3-4-6-9(8)12/h3-6H,2,7H2,1H3,(H,13,15)(H,14,16). The average Bonchev–Trinajstić information content (AvgIpc) is 2.27. The second-order valence-electron chi connectivity index (χ2n) is 3.12. The SMILES string of the molecule is CCNC(=O)CNC(=O)c1ccccc1I. The summed E-state index contributed by atoms with van der Waals surface area (Å²) in [7, 11) is 0. The number of nitrogens with one attached hydrogen (secondary N) is 2. The van der Waals surface area contributed by atoms with E-state index in [0.717, 1.165) is 3.57 Å². The van der Waals surface area contributed by atoms with E-state index >= 15 is 0 Å². The molecule has 1 aromatic carbocycles. The lowest BCUT2D eigenvalue weighted by molar-refractivity contribution is -0.120. The Balaban J connectivity index is 2.54. The molecular formula is C11H13IN2O2. The minimum absolute atomic E-state index is 0.0116. The summed E-state index contributed by atoms with van der Waals surface area (Å²) in [6.07, 6.45) is 0. The van der Waals surface area contributed by atoms with Crippen LogP contribution < -0.4 is 10.6 Å². The van der Waals surface area contributed by atoms with Gasteiger partial charge in [-0.25, -0.2) is 0 Å². The van der Waals surface area contributed by atoms with Gasteiger partial charge < -0.3 is 10.6 Å². The molecule has 16 heavy (non-hydrogen) atoms. The van der Waals surface area contributed by atoms with Crippen LogP contribution in [-0.2, 0) is 4.79 Å². The fourth-order valence-electron chi connectivity index (χ4n) is 1.16. The van der Waals surface area contributed by atoms with Crippen LogP contribution in [-0.4, -0.2) is 24.9 Å². The highest BCUT2D eigenvalue weighted by Crippen LogP contribution is 2.10. The van der Waals surface area contributed by atoms with Gasteiger partial charge in [-0.3, -0.25) is 9.59 Å². The third kappa shape index (κ3) is 3.80. The summed E-state index contributed by atoms with van der Waals surface area (Å²) in [6.45, 7) is 2.41. The van der Waals surface area contributed by atoms with Gasteiger partial charge in [0.25, 0.3) is 5.91 Å². The first-order valence-electron chi connectivity index (χ1n) is 4.94. The zero-order valence-electron chi connectivity index (χ0n) is 8.92. The molecule has 4 nitrogen and oxygen atoms in total. The first-order chi connectivity index (χ1) is 7.65. The minimum Gasteiger partial charge on any atom is -0.355 e. The third-order valence-electron chi connectivity index (χ3n) is 1.90. The highest BCUT2D eigenvalue weighted by atomic mass is 127. The Hall–Kier alpha value is -1.11. The van der Waals surface area contributed by atoms with Crippen molar-refractivity contribution in [2.24, 2.45) is 0 Å². The van der Waals surface area contributed by atoms with E-state index in [1.807, 2.05) is 19.1 Å². The molecule has 0 radical (unpaired) electrons. The number of hydrogen-bond donors (Lipinski definition) is 2. The van der Waals surface area contributed by atoms with Crippen molar-refractivity contribution in [1.82, 2.24) is 10.6 Å². The number of carbonyl (C=O) groups excluding carboxylic acids is 2. The maximum atomic E-state index is 11.7. The second-order valence-corrected chi connectivity index (χ2v) is 4.28. The quantitative estimate of drug-likeness (QED) is 0.813. The normalized spacial score (nSPS) is 9.62. The van der Waals surface area contributed by atoms with E-state index in [0.29, 0.717) is 12.1 Å². The highest BCUT2D eigenvalue weighted by Gasteiger charge is 2.09. The average molecular weight is 332 g/mol. The lowest BCUT2D eigenvalue weighted by Gasteiger charge is -2.06. The smallest absolute Gasteiger partial charge is 0.252 e. The van der Waals surface area contributed by atoms with Crippen LogP contribution in [0.1, 0.15) is 17.3 Å². The van der Waals surface area contributed by atoms with Crippen LogP contribution in [0.15, 0.2) is 24.3 Å². The van der Waals surface area contributed by atoms with Crippen molar-refractivity contribution in [2.75, 3.05) is 13.1 Å². The fraction of sp³-hybridized carbons (Fsp3) is 0.273. The molecule has 0 atom stereocenters. The molecule has 1 aromatic rings. The number of hydrogen-bond acceptors (Lipinski definition) is 2. The first kappa shape index (κ1) is 13.0. The first-order valence-corrected chi connectivity index (χ1v) is 6.02. The Morgan fingerprint density at radius 3 is 2.56 bits per heavy atom. The van der Waals surface area contributed by atoms with Crippen molar-refractivity contribution >= 4 is 34.4 Å². The summed E-state index contributed by atoms with van der Waals surface area (Å²) in [5.41, 5.74) is 0.590. The summed E-state index contributed by atoms with van der Waals surface area (Å²) in [5.74, 6) is -0.405. The molecule has 0 aliphatic carbocycles. The number of rotatable bonds is 4. The maximum absolute atomic E-state index is 11.7. The maximum Gasteiger partial charge on any atom is 0.252 e. The number of likely N-dealkylation sites (N-methyl/N-ethyl adjacent to an activating group) is 1. The van der Waals surface area contributed by atoms with Crippen LogP contribution in [0.5, 0.6) is 0 Å². The molecule has 0 unspecified atom stereocenters. The van der Waals surface area contributed by atoms with E-state index in [9.17, 15) is 9.59 Å². The molecule has 0 saturated carbocycles. The Bertz CT molecular complexity index is 393. The van der Waals surface area contributed by atoms with Gasteiger partial charge in [-0.2, -0.15) is 0 Å². The van der Waals surface area contributed by atoms with E-state index in [4.69, 9.17) is 0 Å². The monoisotopic (exact) mass is 332 g/mol. The van der Waals surface area contributed by atoms with Crippen LogP contribution in [0.4, 0.5) is 0 Å². The van der Waals surface area contributed by atoms with Crippen LogP contribution >= 0.6 is 22.6 Å². The number of halogens is 1. The molecule has 0 spiro atoms. The van der Waals surface area contributed by atoms with E-state index in [-0.39, 0.29) is 18.4 Å². The van der Waals surface area contributed by atoms with E-state index < -0.39 is 0 Å². The zero-order valence-corrected chi connectivity index (χ0v) is 11.1.